The van der Waals surface area contributed by atoms with Crippen LogP contribution in [-0.4, -0.2) is 0 Å². The van der Waals surface area contributed by atoms with Gasteiger partial charge in [-0.3, -0.25) is 0 Å². The van der Waals surface area contributed by atoms with Crippen LogP contribution >= 0.6 is 7.53 Å². The van der Waals surface area contributed by atoms with Gasteiger partial charge in [0.1, 0.15) is 0 Å². The third kappa shape index (κ3) is 1.33. The van der Waals surface area contributed by atoms with E-state index in [1.165, 1.54) is 5.30 Å². The van der Waals surface area contributed by atoms with Crippen molar-refractivity contribution in [2.75, 3.05) is 0 Å². The SMILES string of the molecule is NCc1cccp1CN. The van der Waals surface area contributed by atoms with Gasteiger partial charge in [-0.25, -0.2) is 0 Å². The standard InChI is InChI=1S/C6H11N2P/c7-4-6-2-1-3-9(6)5-8/h1-3H,4-5,7-8H2. The first-order valence-electron chi connectivity index (χ1n) is 2.92. The highest BCUT2D eigenvalue weighted by Crippen LogP contribution is 2.31. The van der Waals surface area contributed by atoms with Crippen LogP contribution in [0.5, 0.6) is 0 Å². The summed E-state index contributed by atoms with van der Waals surface area (Å²) in [6.45, 7) is 0.663. The van der Waals surface area contributed by atoms with Gasteiger partial charge < -0.3 is 11.5 Å². The van der Waals surface area contributed by atoms with E-state index < -0.39 is 0 Å². The second-order valence-electron chi connectivity index (χ2n) is 1.86. The molecular weight excluding hydrogens is 131 g/mol. The molecule has 1 unspecified atom stereocenters. The van der Waals surface area contributed by atoms with Crippen molar-refractivity contribution in [2.45, 2.75) is 12.8 Å². The molecule has 1 rings (SSSR count). The minimum Gasteiger partial charge on any atom is -0.326 e. The Balaban J connectivity index is 2.85. The van der Waals surface area contributed by atoms with Crippen molar-refractivity contribution in [1.82, 2.24) is 0 Å². The molecule has 2 nitrogen and oxygen atoms in total. The fourth-order valence-corrected chi connectivity index (χ4v) is 2.17. The van der Waals surface area contributed by atoms with Crippen molar-refractivity contribution in [1.29, 1.82) is 0 Å². The number of hydrogen-bond acceptors (Lipinski definition) is 2. The summed E-state index contributed by atoms with van der Waals surface area (Å²) in [6, 6.07) is 4.11. The van der Waals surface area contributed by atoms with Crippen LogP contribution in [0.15, 0.2) is 17.9 Å². The Morgan fingerprint density at radius 3 is 2.67 bits per heavy atom. The molecule has 50 valence electrons. The van der Waals surface area contributed by atoms with E-state index in [0.29, 0.717) is 6.54 Å². The lowest BCUT2D eigenvalue weighted by molar-refractivity contribution is 1.10. The molecule has 1 heterocycles. The van der Waals surface area contributed by atoms with Gasteiger partial charge in [0.2, 0.25) is 0 Å². The van der Waals surface area contributed by atoms with Gasteiger partial charge in [0.15, 0.2) is 0 Å². The molecule has 0 aliphatic rings. The van der Waals surface area contributed by atoms with Crippen LogP contribution in [0.3, 0.4) is 0 Å². The van der Waals surface area contributed by atoms with Gasteiger partial charge in [0.05, 0.1) is 0 Å². The molecule has 0 aliphatic carbocycles. The summed E-state index contributed by atoms with van der Waals surface area (Å²) >= 11 is 0. The topological polar surface area (TPSA) is 52.0 Å². The average molecular weight is 142 g/mol. The minimum atomic E-state index is -0.173. The Morgan fingerprint density at radius 1 is 1.44 bits per heavy atom. The predicted molar refractivity (Wildman–Crippen MR) is 41.2 cm³/mol. The smallest absolute Gasteiger partial charge is 0.0320 e. The van der Waals surface area contributed by atoms with E-state index in [4.69, 9.17) is 11.5 Å². The minimum absolute atomic E-state index is 0.173. The molecule has 0 saturated carbocycles. The summed E-state index contributed by atoms with van der Waals surface area (Å²) in [5, 5.41) is 1.31. The van der Waals surface area contributed by atoms with Crippen LogP contribution in [0.2, 0.25) is 0 Å². The summed E-state index contributed by atoms with van der Waals surface area (Å²) in [5.41, 5.74) is 10.9. The zero-order valence-electron chi connectivity index (χ0n) is 5.25. The molecule has 0 aliphatic heterocycles. The highest BCUT2D eigenvalue weighted by molar-refractivity contribution is 7.49. The maximum Gasteiger partial charge on any atom is 0.0320 e. The molecule has 0 bridgehead atoms. The van der Waals surface area contributed by atoms with Crippen molar-refractivity contribution < 1.29 is 0 Å². The number of nitrogens with two attached hydrogens (primary N) is 2. The van der Waals surface area contributed by atoms with Crippen molar-refractivity contribution in [2.24, 2.45) is 11.5 Å². The highest BCUT2D eigenvalue weighted by atomic mass is 31.1. The summed E-state index contributed by atoms with van der Waals surface area (Å²) < 4.78 is 0. The molecule has 3 heteroatoms. The van der Waals surface area contributed by atoms with Crippen LogP contribution in [0.4, 0.5) is 0 Å². The molecule has 0 amide bonds. The lowest BCUT2D eigenvalue weighted by Gasteiger charge is -1.96. The maximum absolute atomic E-state index is 5.48. The normalized spacial score (nSPS) is 12.0. The first-order valence-corrected chi connectivity index (χ1v) is 4.52. The third-order valence-electron chi connectivity index (χ3n) is 1.33. The van der Waals surface area contributed by atoms with Gasteiger partial charge in [-0.2, -0.15) is 0 Å². The van der Waals surface area contributed by atoms with Gasteiger partial charge in [-0.1, -0.05) is 12.1 Å². The summed E-state index contributed by atoms with van der Waals surface area (Å²) in [4.78, 5) is 0. The molecule has 1 aromatic rings. The van der Waals surface area contributed by atoms with Crippen LogP contribution in [0.1, 0.15) is 5.30 Å². The fraction of sp³-hybridized carbons (Fsp3) is 0.333. The lowest BCUT2D eigenvalue weighted by atomic mass is 10.5. The zero-order valence-corrected chi connectivity index (χ0v) is 6.14. The van der Waals surface area contributed by atoms with Crippen molar-refractivity contribution >= 4 is 7.53 Å². The van der Waals surface area contributed by atoms with E-state index in [9.17, 15) is 0 Å². The van der Waals surface area contributed by atoms with Crippen molar-refractivity contribution in [3.63, 3.8) is 0 Å². The van der Waals surface area contributed by atoms with Gasteiger partial charge in [0, 0.05) is 12.8 Å². The molecule has 0 saturated heterocycles. The molecule has 1 aromatic heterocycles. The Bertz CT molecular complexity index is 164. The first-order chi connectivity index (χ1) is 4.38. The van der Waals surface area contributed by atoms with Crippen LogP contribution < -0.4 is 11.5 Å². The van der Waals surface area contributed by atoms with Gasteiger partial charge in [-0.15, -0.1) is 7.53 Å². The van der Waals surface area contributed by atoms with E-state index in [-0.39, 0.29) is 7.53 Å². The predicted octanol–water partition coefficient (Wildman–Crippen LogP) is 1.05. The Labute approximate surface area is 55.9 Å². The van der Waals surface area contributed by atoms with E-state index in [1.807, 2.05) is 6.07 Å². The van der Waals surface area contributed by atoms with E-state index in [2.05, 4.69) is 11.9 Å². The maximum atomic E-state index is 5.48. The monoisotopic (exact) mass is 142 g/mol. The lowest BCUT2D eigenvalue weighted by Crippen LogP contribution is -1.94. The largest absolute Gasteiger partial charge is 0.326 e. The second-order valence-corrected chi connectivity index (χ2v) is 4.03. The van der Waals surface area contributed by atoms with Gasteiger partial charge >= 0.3 is 0 Å². The Hall–Kier alpha value is -0.300. The molecular formula is C6H11N2P. The Morgan fingerprint density at radius 2 is 2.22 bits per heavy atom. The molecule has 4 N–H and O–H groups in total. The molecule has 9 heavy (non-hydrogen) atoms. The average Bonchev–Trinajstić information content (AvgIpc) is 2.33. The fourth-order valence-electron chi connectivity index (χ4n) is 0.813. The molecule has 0 aromatic carbocycles. The van der Waals surface area contributed by atoms with Gasteiger partial charge in [0.25, 0.3) is 0 Å². The summed E-state index contributed by atoms with van der Waals surface area (Å²) in [7, 11) is -0.173. The highest BCUT2D eigenvalue weighted by Gasteiger charge is 1.95. The van der Waals surface area contributed by atoms with Gasteiger partial charge in [-0.05, 0) is 11.1 Å². The van der Waals surface area contributed by atoms with Crippen molar-refractivity contribution in [3.05, 3.63) is 23.2 Å². The summed E-state index contributed by atoms with van der Waals surface area (Å²) in [5.74, 6) is 2.15. The van der Waals surface area contributed by atoms with Crippen molar-refractivity contribution in [3.8, 4) is 0 Å². The molecule has 0 radical (unpaired) electrons. The molecule has 1 atom stereocenters. The van der Waals surface area contributed by atoms with E-state index in [1.54, 1.807) is 0 Å². The third-order valence-corrected chi connectivity index (χ3v) is 3.32. The quantitative estimate of drug-likeness (QED) is 0.648. The summed E-state index contributed by atoms with van der Waals surface area (Å²) in [6.07, 6.45) is 0.745. The Kier molecular flexibility index (Phi) is 2.29. The number of hydrogen-bond donors (Lipinski definition) is 2. The molecule has 0 spiro atoms. The first kappa shape index (κ1) is 6.81. The van der Waals surface area contributed by atoms with Crippen LogP contribution in [0.25, 0.3) is 0 Å². The second kappa shape index (κ2) is 3.02. The van der Waals surface area contributed by atoms with E-state index >= 15 is 0 Å². The van der Waals surface area contributed by atoms with Crippen LogP contribution in [-0.2, 0) is 12.8 Å². The zero-order chi connectivity index (χ0) is 6.69. The van der Waals surface area contributed by atoms with Crippen LogP contribution in [0, 0.1) is 0 Å². The number of rotatable bonds is 2. The molecule has 0 fully saturated rings. The van der Waals surface area contributed by atoms with E-state index in [0.717, 1.165) is 6.29 Å².